The molecule has 0 bridgehead atoms. The van der Waals surface area contributed by atoms with Gasteiger partial charge in [-0.1, -0.05) is 19.3 Å². The molecule has 1 saturated carbocycles. The third kappa shape index (κ3) is 3.18. The molecule has 0 saturated heterocycles. The molecule has 17 heavy (non-hydrogen) atoms. The normalized spacial score (nSPS) is 19.0. The minimum Gasteiger partial charge on any atom is -0.380 e. The van der Waals surface area contributed by atoms with Crippen LogP contribution >= 0.6 is 0 Å². The summed E-state index contributed by atoms with van der Waals surface area (Å²) < 4.78 is 26.5. The number of anilines is 1. The first-order chi connectivity index (χ1) is 8.16. The molecule has 1 aliphatic carbocycles. The SMILES string of the molecule is CC(Nc1cc(F)ccc1F)C1CCCCC1. The van der Waals surface area contributed by atoms with E-state index in [4.69, 9.17) is 0 Å². The molecule has 1 N–H and O–H groups in total. The van der Waals surface area contributed by atoms with E-state index < -0.39 is 5.82 Å². The summed E-state index contributed by atoms with van der Waals surface area (Å²) in [5.74, 6) is -0.203. The molecule has 1 aromatic carbocycles. The molecule has 1 atom stereocenters. The standard InChI is InChI=1S/C14H19F2N/c1-10(11-5-3-2-4-6-11)17-14-9-12(15)7-8-13(14)16/h7-11,17H,2-6H2,1H3. The van der Waals surface area contributed by atoms with Crippen molar-refractivity contribution in [2.24, 2.45) is 5.92 Å². The lowest BCUT2D eigenvalue weighted by Gasteiger charge is -2.29. The summed E-state index contributed by atoms with van der Waals surface area (Å²) in [6, 6.07) is 3.75. The molecule has 1 unspecified atom stereocenters. The summed E-state index contributed by atoms with van der Waals surface area (Å²) in [7, 11) is 0. The van der Waals surface area contributed by atoms with Crippen molar-refractivity contribution < 1.29 is 8.78 Å². The van der Waals surface area contributed by atoms with Gasteiger partial charge in [-0.15, -0.1) is 0 Å². The Morgan fingerprint density at radius 3 is 2.59 bits per heavy atom. The third-order valence-electron chi connectivity index (χ3n) is 3.67. The zero-order chi connectivity index (χ0) is 12.3. The van der Waals surface area contributed by atoms with Crippen LogP contribution in [-0.4, -0.2) is 6.04 Å². The highest BCUT2D eigenvalue weighted by molar-refractivity contribution is 5.45. The summed E-state index contributed by atoms with van der Waals surface area (Å²) in [6.07, 6.45) is 6.18. The van der Waals surface area contributed by atoms with Gasteiger partial charge in [0, 0.05) is 6.04 Å². The van der Waals surface area contributed by atoms with Gasteiger partial charge in [0.25, 0.3) is 0 Å². The van der Waals surface area contributed by atoms with Crippen LogP contribution in [0.25, 0.3) is 0 Å². The molecule has 1 nitrogen and oxygen atoms in total. The maximum absolute atomic E-state index is 13.5. The molecule has 1 aliphatic rings. The highest BCUT2D eigenvalue weighted by atomic mass is 19.1. The Morgan fingerprint density at radius 1 is 1.18 bits per heavy atom. The molecule has 0 heterocycles. The van der Waals surface area contributed by atoms with Crippen molar-refractivity contribution in [3.8, 4) is 0 Å². The molecule has 1 aromatic rings. The van der Waals surface area contributed by atoms with Crippen LogP contribution in [0.4, 0.5) is 14.5 Å². The second-order valence-corrected chi connectivity index (χ2v) is 4.96. The summed E-state index contributed by atoms with van der Waals surface area (Å²) in [5.41, 5.74) is 0.281. The minimum atomic E-state index is -0.398. The van der Waals surface area contributed by atoms with E-state index in [1.165, 1.54) is 44.2 Å². The molecule has 1 fully saturated rings. The Morgan fingerprint density at radius 2 is 1.88 bits per heavy atom. The Balaban J connectivity index is 2.01. The molecule has 2 rings (SSSR count). The molecular weight excluding hydrogens is 220 g/mol. The zero-order valence-corrected chi connectivity index (χ0v) is 10.2. The first kappa shape index (κ1) is 12.3. The highest BCUT2D eigenvalue weighted by Gasteiger charge is 2.20. The maximum atomic E-state index is 13.5. The number of rotatable bonds is 3. The number of benzene rings is 1. The Hall–Kier alpha value is -1.12. The molecule has 0 radical (unpaired) electrons. The van der Waals surface area contributed by atoms with Crippen molar-refractivity contribution in [3.63, 3.8) is 0 Å². The topological polar surface area (TPSA) is 12.0 Å². The molecule has 0 aliphatic heterocycles. The first-order valence-electron chi connectivity index (χ1n) is 6.38. The molecular formula is C14H19F2N. The van der Waals surface area contributed by atoms with E-state index in [2.05, 4.69) is 12.2 Å². The average Bonchev–Trinajstić information content (AvgIpc) is 2.35. The number of halogens is 2. The molecule has 0 aromatic heterocycles. The third-order valence-corrected chi connectivity index (χ3v) is 3.67. The van der Waals surface area contributed by atoms with E-state index in [0.717, 1.165) is 6.07 Å². The van der Waals surface area contributed by atoms with Crippen molar-refractivity contribution >= 4 is 5.69 Å². The van der Waals surface area contributed by atoms with Gasteiger partial charge in [-0.2, -0.15) is 0 Å². The van der Waals surface area contributed by atoms with Crippen LogP contribution in [0.15, 0.2) is 18.2 Å². The van der Waals surface area contributed by atoms with Crippen LogP contribution in [0, 0.1) is 17.6 Å². The molecule has 0 spiro atoms. The van der Waals surface area contributed by atoms with Gasteiger partial charge in [0.05, 0.1) is 5.69 Å². The van der Waals surface area contributed by atoms with Crippen LogP contribution < -0.4 is 5.32 Å². The lowest BCUT2D eigenvalue weighted by atomic mass is 9.84. The predicted octanol–water partition coefficient (Wildman–Crippen LogP) is 4.35. The zero-order valence-electron chi connectivity index (χ0n) is 10.2. The Kier molecular flexibility index (Phi) is 3.97. The fraction of sp³-hybridized carbons (Fsp3) is 0.571. The largest absolute Gasteiger partial charge is 0.380 e. The van der Waals surface area contributed by atoms with Crippen molar-refractivity contribution in [2.45, 2.75) is 45.1 Å². The van der Waals surface area contributed by atoms with Crippen LogP contribution in [-0.2, 0) is 0 Å². The van der Waals surface area contributed by atoms with Crippen LogP contribution in [0.2, 0.25) is 0 Å². The fourth-order valence-corrected chi connectivity index (χ4v) is 2.61. The second kappa shape index (κ2) is 5.48. The van der Waals surface area contributed by atoms with Crippen LogP contribution in [0.5, 0.6) is 0 Å². The lowest BCUT2D eigenvalue weighted by Crippen LogP contribution is -2.28. The van der Waals surface area contributed by atoms with E-state index in [0.29, 0.717) is 5.92 Å². The summed E-state index contributed by atoms with van der Waals surface area (Å²) in [6.45, 7) is 2.06. The van der Waals surface area contributed by atoms with Crippen LogP contribution in [0.3, 0.4) is 0 Å². The Bertz CT molecular complexity index is 372. The highest BCUT2D eigenvalue weighted by Crippen LogP contribution is 2.28. The van der Waals surface area contributed by atoms with E-state index in [-0.39, 0.29) is 17.5 Å². The van der Waals surface area contributed by atoms with Crippen molar-refractivity contribution in [1.29, 1.82) is 0 Å². The van der Waals surface area contributed by atoms with Crippen molar-refractivity contribution in [1.82, 2.24) is 0 Å². The molecule has 0 amide bonds. The number of hydrogen-bond acceptors (Lipinski definition) is 1. The Labute approximate surface area is 101 Å². The van der Waals surface area contributed by atoms with Gasteiger partial charge < -0.3 is 5.32 Å². The summed E-state index contributed by atoms with van der Waals surface area (Å²) in [4.78, 5) is 0. The summed E-state index contributed by atoms with van der Waals surface area (Å²) in [5, 5.41) is 3.11. The van der Waals surface area contributed by atoms with E-state index in [1.54, 1.807) is 0 Å². The molecule has 3 heteroatoms. The van der Waals surface area contributed by atoms with Gasteiger partial charge in [-0.25, -0.2) is 8.78 Å². The van der Waals surface area contributed by atoms with E-state index in [9.17, 15) is 8.78 Å². The van der Waals surface area contributed by atoms with Gasteiger partial charge in [-0.05, 0) is 43.9 Å². The van der Waals surface area contributed by atoms with Crippen molar-refractivity contribution in [3.05, 3.63) is 29.8 Å². The predicted molar refractivity (Wildman–Crippen MR) is 66.0 cm³/mol. The van der Waals surface area contributed by atoms with Gasteiger partial charge in [0.1, 0.15) is 11.6 Å². The summed E-state index contributed by atoms with van der Waals surface area (Å²) >= 11 is 0. The van der Waals surface area contributed by atoms with Gasteiger partial charge in [0.2, 0.25) is 0 Å². The van der Waals surface area contributed by atoms with Crippen LogP contribution in [0.1, 0.15) is 39.0 Å². The first-order valence-corrected chi connectivity index (χ1v) is 6.38. The number of hydrogen-bond donors (Lipinski definition) is 1. The van der Waals surface area contributed by atoms with Gasteiger partial charge in [-0.3, -0.25) is 0 Å². The van der Waals surface area contributed by atoms with E-state index >= 15 is 0 Å². The monoisotopic (exact) mass is 239 g/mol. The van der Waals surface area contributed by atoms with Crippen molar-refractivity contribution in [2.75, 3.05) is 5.32 Å². The minimum absolute atomic E-state index is 0.201. The average molecular weight is 239 g/mol. The second-order valence-electron chi connectivity index (χ2n) is 4.96. The van der Waals surface area contributed by atoms with Gasteiger partial charge >= 0.3 is 0 Å². The maximum Gasteiger partial charge on any atom is 0.146 e. The smallest absolute Gasteiger partial charge is 0.146 e. The quantitative estimate of drug-likeness (QED) is 0.827. The fourth-order valence-electron chi connectivity index (χ4n) is 2.61. The van der Waals surface area contributed by atoms with E-state index in [1.807, 2.05) is 0 Å². The van der Waals surface area contributed by atoms with Gasteiger partial charge in [0.15, 0.2) is 0 Å². The lowest BCUT2D eigenvalue weighted by molar-refractivity contribution is 0.328. The number of nitrogens with one attached hydrogen (secondary N) is 1. The molecule has 94 valence electrons.